The van der Waals surface area contributed by atoms with Crippen LogP contribution < -0.4 is 0 Å². The summed E-state index contributed by atoms with van der Waals surface area (Å²) in [5.74, 6) is -0.346. The van der Waals surface area contributed by atoms with E-state index in [1.165, 1.54) is 28.3 Å². The number of hydrogen-bond acceptors (Lipinski definition) is 5. The maximum Gasteiger partial charge on any atom is 0.292 e. The van der Waals surface area contributed by atoms with Gasteiger partial charge in [-0.25, -0.2) is 0 Å². The maximum atomic E-state index is 13.9. The summed E-state index contributed by atoms with van der Waals surface area (Å²) in [5.41, 5.74) is 10.8. The van der Waals surface area contributed by atoms with E-state index in [0.29, 0.717) is 17.5 Å². The number of hydrogen-bond donors (Lipinski definition) is 1. The molecular formula is C54H51FIrN4O3-2. The van der Waals surface area contributed by atoms with Gasteiger partial charge in [-0.1, -0.05) is 146 Å². The van der Waals surface area contributed by atoms with Crippen LogP contribution in [0, 0.1) is 17.9 Å². The van der Waals surface area contributed by atoms with Gasteiger partial charge in [0.2, 0.25) is 0 Å². The Morgan fingerprint density at radius 1 is 0.778 bits per heavy atom. The minimum Gasteiger partial charge on any atom is -0.501 e. The number of aromatic carboxylic acids is 1. The Morgan fingerprint density at radius 2 is 1.46 bits per heavy atom. The molecule has 0 aliphatic carbocycles. The van der Waals surface area contributed by atoms with Gasteiger partial charge in [-0.2, -0.15) is 0 Å². The number of nitrogens with zero attached hydrogens (tertiary/aromatic N) is 4. The first kappa shape index (κ1) is 45.0. The number of imidazole rings is 1. The normalized spacial score (nSPS) is 12.0. The number of pyridine rings is 2. The Kier molecular flexibility index (Phi) is 12.3. The van der Waals surface area contributed by atoms with E-state index in [1.807, 2.05) is 24.5 Å². The van der Waals surface area contributed by atoms with Crippen molar-refractivity contribution in [3.63, 3.8) is 0 Å². The van der Waals surface area contributed by atoms with Gasteiger partial charge in [0.1, 0.15) is 5.58 Å². The zero-order valence-electron chi connectivity index (χ0n) is 37.3. The van der Waals surface area contributed by atoms with Crippen molar-refractivity contribution in [2.75, 3.05) is 0 Å². The Bertz CT molecular complexity index is 3120. The van der Waals surface area contributed by atoms with E-state index in [1.54, 1.807) is 12.3 Å². The largest absolute Gasteiger partial charge is 0.501 e. The number of rotatable bonds is 6. The quantitative estimate of drug-likeness (QED) is 0.167. The molecule has 9 aromatic rings. The van der Waals surface area contributed by atoms with E-state index in [-0.39, 0.29) is 42.1 Å². The average Bonchev–Trinajstić information content (AvgIpc) is 3.80. The minimum absolute atomic E-state index is 0. The molecule has 9 heteroatoms. The molecule has 0 fully saturated rings. The fourth-order valence-corrected chi connectivity index (χ4v) is 8.10. The maximum absolute atomic E-state index is 13.9. The van der Waals surface area contributed by atoms with E-state index < -0.39 is 11.8 Å². The second-order valence-electron chi connectivity index (χ2n) is 18.7. The molecule has 0 amide bonds. The molecule has 0 bridgehead atoms. The number of benzene rings is 5. The number of carboxylic acid groups (broad SMARTS) is 1. The molecule has 63 heavy (non-hydrogen) atoms. The molecule has 1 radical (unpaired) electrons. The summed E-state index contributed by atoms with van der Waals surface area (Å²) in [6.45, 7) is 22.0. The minimum atomic E-state index is -1.18. The molecule has 0 aliphatic heterocycles. The number of fused-ring (bicyclic) bond motifs is 5. The number of para-hydroxylation sites is 1. The summed E-state index contributed by atoms with van der Waals surface area (Å²) in [7, 11) is 0. The van der Waals surface area contributed by atoms with Gasteiger partial charge >= 0.3 is 0 Å². The molecule has 0 spiro atoms. The monoisotopic (exact) mass is 1020 g/mol. The fourth-order valence-electron chi connectivity index (χ4n) is 8.10. The summed E-state index contributed by atoms with van der Waals surface area (Å²) in [6.07, 6.45) is 5.60. The second kappa shape index (κ2) is 17.3. The molecule has 0 atom stereocenters. The Morgan fingerprint density at radius 3 is 2.05 bits per heavy atom. The predicted molar refractivity (Wildman–Crippen MR) is 249 cm³/mol. The van der Waals surface area contributed by atoms with Crippen LogP contribution in [0.4, 0.5) is 4.39 Å². The summed E-state index contributed by atoms with van der Waals surface area (Å²) in [4.78, 5) is 25.0. The molecule has 323 valence electrons. The number of halogens is 1. The van der Waals surface area contributed by atoms with Gasteiger partial charge < -0.3 is 19.1 Å². The van der Waals surface area contributed by atoms with Crippen molar-refractivity contribution in [2.24, 2.45) is 0 Å². The zero-order chi connectivity index (χ0) is 44.2. The second-order valence-corrected chi connectivity index (χ2v) is 18.7. The molecular weight excluding hydrogens is 964 g/mol. The van der Waals surface area contributed by atoms with E-state index in [0.717, 1.165) is 66.9 Å². The van der Waals surface area contributed by atoms with Crippen molar-refractivity contribution in [1.29, 1.82) is 0 Å². The van der Waals surface area contributed by atoms with E-state index >= 15 is 0 Å². The van der Waals surface area contributed by atoms with Crippen LogP contribution in [-0.4, -0.2) is 30.6 Å². The van der Waals surface area contributed by atoms with Gasteiger partial charge in [0.25, 0.3) is 5.97 Å². The summed E-state index contributed by atoms with van der Waals surface area (Å²) in [5, 5.41) is 13.3. The summed E-state index contributed by atoms with van der Waals surface area (Å²) < 4.78 is 23.0. The first-order valence-electron chi connectivity index (χ1n) is 21.1. The Balaban J connectivity index is 0.000000239. The van der Waals surface area contributed by atoms with Crippen molar-refractivity contribution < 1.29 is 38.8 Å². The van der Waals surface area contributed by atoms with Crippen molar-refractivity contribution in [2.45, 2.75) is 91.9 Å². The van der Waals surface area contributed by atoms with Crippen LogP contribution >= 0.6 is 0 Å². The van der Waals surface area contributed by atoms with Crippen LogP contribution in [0.5, 0.6) is 0 Å². The molecule has 0 aliphatic rings. The Hall–Kier alpha value is -6.02. The van der Waals surface area contributed by atoms with Crippen LogP contribution in [-0.2, 0) is 30.9 Å². The third-order valence-electron chi connectivity index (χ3n) is 11.5. The molecule has 9 rings (SSSR count). The van der Waals surface area contributed by atoms with Gasteiger partial charge in [-0.3, -0.25) is 19.2 Å². The first-order chi connectivity index (χ1) is 29.4. The van der Waals surface area contributed by atoms with Gasteiger partial charge in [0, 0.05) is 55.0 Å². The SMILES string of the molecule is CC(C)(C)c1ccc(-c2[c-]cc(C(=O)O)cc2F)nc1.CC(C)c1cccc(C(C)C)c1-n1c(-c2[c-]ccc3c2oc2cc4ccccc4cc23)nc2cncc(C(C)(C)C)c21.[Ir]. The van der Waals surface area contributed by atoms with Gasteiger partial charge in [-0.05, 0) is 73.5 Å². The van der Waals surface area contributed by atoms with Crippen LogP contribution in [0.15, 0.2) is 114 Å². The standard InChI is InChI=1S/C38H36N3O.C16H15FNO2.Ir/c1-22(2)26-14-10-15-27(23(3)4)34(26)41-35-31(38(5,6)7)20-39-21-32(35)40-37(41)29-17-11-16-28-30-18-24-12-8-9-13-25(24)19-33(30)42-36(28)29;1-16(2,3)11-5-7-14(18-9-11)12-6-4-10(15(19)20)8-13(12)17;/h8-16,18-23H,1-7H3;4-5,7-9H,1-3H3,(H,19,20);/q2*-1;. The predicted octanol–water partition coefficient (Wildman–Crippen LogP) is 14.2. The van der Waals surface area contributed by atoms with E-state index in [4.69, 9.17) is 14.5 Å². The van der Waals surface area contributed by atoms with Crippen molar-refractivity contribution in [3.05, 3.63) is 155 Å². The third-order valence-corrected chi connectivity index (χ3v) is 11.5. The van der Waals surface area contributed by atoms with Crippen LogP contribution in [0.2, 0.25) is 0 Å². The molecule has 4 aromatic heterocycles. The summed E-state index contributed by atoms with van der Waals surface area (Å²) in [6, 6.07) is 35.7. The van der Waals surface area contributed by atoms with Crippen LogP contribution in [0.1, 0.15) is 114 Å². The first-order valence-corrected chi connectivity index (χ1v) is 21.1. The van der Waals surface area contributed by atoms with Gasteiger partial charge in [0.05, 0.1) is 28.6 Å². The molecule has 7 nitrogen and oxygen atoms in total. The topological polar surface area (TPSA) is 94.0 Å². The smallest absolute Gasteiger partial charge is 0.292 e. The molecule has 0 saturated carbocycles. The van der Waals surface area contributed by atoms with E-state index in [2.05, 4.69) is 157 Å². The molecule has 1 N–H and O–H groups in total. The van der Waals surface area contributed by atoms with Crippen LogP contribution in [0.25, 0.3) is 72.1 Å². The fraction of sp³-hybridized carbons (Fsp3) is 0.259. The number of carbonyl (C=O) groups is 1. The van der Waals surface area contributed by atoms with Gasteiger partial charge in [-0.15, -0.1) is 30.3 Å². The molecule has 0 unspecified atom stereocenters. The third kappa shape index (κ3) is 8.57. The molecule has 4 heterocycles. The van der Waals surface area contributed by atoms with Gasteiger partial charge in [0.15, 0.2) is 0 Å². The van der Waals surface area contributed by atoms with Crippen molar-refractivity contribution in [3.8, 4) is 28.3 Å². The zero-order valence-corrected chi connectivity index (χ0v) is 39.7. The van der Waals surface area contributed by atoms with Crippen LogP contribution in [0.3, 0.4) is 0 Å². The Labute approximate surface area is 381 Å². The number of carboxylic acids is 1. The van der Waals surface area contributed by atoms with Crippen molar-refractivity contribution in [1.82, 2.24) is 19.5 Å². The van der Waals surface area contributed by atoms with Crippen molar-refractivity contribution >= 4 is 49.7 Å². The molecule has 0 saturated heterocycles. The number of furan rings is 1. The average molecular weight is 1020 g/mol. The number of aromatic nitrogens is 4. The summed E-state index contributed by atoms with van der Waals surface area (Å²) >= 11 is 0. The van der Waals surface area contributed by atoms with E-state index in [9.17, 15) is 9.18 Å². The molecule has 5 aromatic carbocycles.